The lowest BCUT2D eigenvalue weighted by atomic mass is 10.1. The molecule has 0 amide bonds. The van der Waals surface area contributed by atoms with Crippen LogP contribution in [0, 0.1) is 0 Å². The quantitative estimate of drug-likeness (QED) is 0.878. The van der Waals surface area contributed by atoms with Crippen molar-refractivity contribution in [3.63, 3.8) is 0 Å². The van der Waals surface area contributed by atoms with Gasteiger partial charge < -0.3 is 5.11 Å². The third-order valence-corrected chi connectivity index (χ3v) is 3.53. The molecular formula is C14H17NOS. The van der Waals surface area contributed by atoms with Gasteiger partial charge in [0.05, 0.1) is 6.61 Å². The maximum atomic E-state index is 8.97. The first-order valence-electron chi connectivity index (χ1n) is 5.67. The van der Waals surface area contributed by atoms with Crippen molar-refractivity contribution in [2.75, 3.05) is 7.05 Å². The number of benzene rings is 1. The van der Waals surface area contributed by atoms with Crippen molar-refractivity contribution in [3.8, 4) is 0 Å². The fraction of sp³-hybridized carbons (Fsp3) is 0.286. The predicted molar refractivity (Wildman–Crippen MR) is 71.9 cm³/mol. The third-order valence-electron chi connectivity index (χ3n) is 2.66. The number of aliphatic hydroxyl groups excluding tert-OH is 1. The third kappa shape index (κ3) is 3.66. The van der Waals surface area contributed by atoms with Gasteiger partial charge in [-0.1, -0.05) is 30.3 Å². The second-order valence-electron chi connectivity index (χ2n) is 4.23. The standard InChI is InChI=1S/C14H17NOS/c1-15(10-14-3-2-8-17-14)9-12-4-6-13(11-16)7-5-12/h2-8,16H,9-11H2,1H3. The van der Waals surface area contributed by atoms with Gasteiger partial charge in [0.1, 0.15) is 0 Å². The van der Waals surface area contributed by atoms with Crippen molar-refractivity contribution in [2.24, 2.45) is 0 Å². The Labute approximate surface area is 106 Å². The first-order valence-corrected chi connectivity index (χ1v) is 6.55. The molecule has 17 heavy (non-hydrogen) atoms. The largest absolute Gasteiger partial charge is 0.392 e. The predicted octanol–water partition coefficient (Wildman–Crippen LogP) is 2.87. The molecule has 0 unspecified atom stereocenters. The lowest BCUT2D eigenvalue weighted by molar-refractivity contribution is 0.281. The molecule has 0 aliphatic carbocycles. The second kappa shape index (κ2) is 5.96. The lowest BCUT2D eigenvalue weighted by Crippen LogP contribution is -2.16. The minimum Gasteiger partial charge on any atom is -0.392 e. The summed E-state index contributed by atoms with van der Waals surface area (Å²) >= 11 is 1.79. The van der Waals surface area contributed by atoms with Crippen LogP contribution in [0.5, 0.6) is 0 Å². The molecule has 0 radical (unpaired) electrons. The van der Waals surface area contributed by atoms with Gasteiger partial charge in [0, 0.05) is 18.0 Å². The van der Waals surface area contributed by atoms with E-state index >= 15 is 0 Å². The van der Waals surface area contributed by atoms with E-state index in [1.165, 1.54) is 10.4 Å². The van der Waals surface area contributed by atoms with Crippen molar-refractivity contribution >= 4 is 11.3 Å². The summed E-state index contributed by atoms with van der Waals surface area (Å²) in [4.78, 5) is 3.68. The number of aliphatic hydroxyl groups is 1. The molecule has 2 rings (SSSR count). The zero-order chi connectivity index (χ0) is 12.1. The Bertz CT molecular complexity index is 436. The molecule has 2 aromatic rings. The summed E-state index contributed by atoms with van der Waals surface area (Å²) < 4.78 is 0. The average Bonchev–Trinajstić information content (AvgIpc) is 2.82. The molecule has 0 atom stereocenters. The summed E-state index contributed by atoms with van der Waals surface area (Å²) in [7, 11) is 2.12. The van der Waals surface area contributed by atoms with E-state index in [-0.39, 0.29) is 6.61 Å². The summed E-state index contributed by atoms with van der Waals surface area (Å²) in [5.74, 6) is 0. The molecule has 1 N–H and O–H groups in total. The van der Waals surface area contributed by atoms with Crippen molar-refractivity contribution in [3.05, 3.63) is 57.8 Å². The van der Waals surface area contributed by atoms with Crippen LogP contribution in [0.1, 0.15) is 16.0 Å². The zero-order valence-corrected chi connectivity index (χ0v) is 10.8. The molecule has 1 heterocycles. The molecule has 1 aromatic carbocycles. The van der Waals surface area contributed by atoms with Crippen molar-refractivity contribution in [2.45, 2.75) is 19.7 Å². The number of thiophene rings is 1. The van der Waals surface area contributed by atoms with Gasteiger partial charge in [-0.3, -0.25) is 4.90 Å². The van der Waals surface area contributed by atoms with Gasteiger partial charge in [-0.25, -0.2) is 0 Å². The molecule has 0 bridgehead atoms. The highest BCUT2D eigenvalue weighted by molar-refractivity contribution is 7.09. The molecule has 0 fully saturated rings. The Balaban J connectivity index is 1.91. The number of hydrogen-bond acceptors (Lipinski definition) is 3. The van der Waals surface area contributed by atoms with Gasteiger partial charge in [-0.2, -0.15) is 0 Å². The topological polar surface area (TPSA) is 23.5 Å². The van der Waals surface area contributed by atoms with Crippen molar-refractivity contribution < 1.29 is 5.11 Å². The summed E-state index contributed by atoms with van der Waals surface area (Å²) in [5, 5.41) is 11.1. The number of nitrogens with zero attached hydrogens (tertiary/aromatic N) is 1. The van der Waals surface area contributed by atoms with Crippen LogP contribution in [-0.2, 0) is 19.7 Å². The fourth-order valence-electron chi connectivity index (χ4n) is 1.79. The van der Waals surface area contributed by atoms with E-state index in [1.54, 1.807) is 11.3 Å². The maximum Gasteiger partial charge on any atom is 0.0681 e. The molecule has 90 valence electrons. The highest BCUT2D eigenvalue weighted by Crippen LogP contribution is 2.13. The fourth-order valence-corrected chi connectivity index (χ4v) is 2.57. The van der Waals surface area contributed by atoms with E-state index < -0.39 is 0 Å². The van der Waals surface area contributed by atoms with Gasteiger partial charge >= 0.3 is 0 Å². The molecule has 1 aromatic heterocycles. The Morgan fingerprint density at radius 3 is 2.35 bits per heavy atom. The van der Waals surface area contributed by atoms with Crippen molar-refractivity contribution in [1.29, 1.82) is 0 Å². The van der Waals surface area contributed by atoms with Crippen LogP contribution in [0.15, 0.2) is 41.8 Å². The highest BCUT2D eigenvalue weighted by Gasteiger charge is 2.02. The Morgan fingerprint density at radius 2 is 1.76 bits per heavy atom. The molecule has 0 aliphatic rings. The summed E-state index contributed by atoms with van der Waals surface area (Å²) in [6.45, 7) is 2.04. The van der Waals surface area contributed by atoms with Crippen LogP contribution >= 0.6 is 11.3 Å². The van der Waals surface area contributed by atoms with Crippen molar-refractivity contribution in [1.82, 2.24) is 4.90 Å². The molecule has 0 saturated heterocycles. The molecule has 0 aliphatic heterocycles. The summed E-state index contributed by atoms with van der Waals surface area (Å²) in [5.41, 5.74) is 2.25. The minimum atomic E-state index is 0.116. The normalized spacial score (nSPS) is 11.0. The van der Waals surface area contributed by atoms with Gasteiger partial charge in [0.2, 0.25) is 0 Å². The first-order chi connectivity index (χ1) is 8.28. The van der Waals surface area contributed by atoms with E-state index in [0.29, 0.717) is 0 Å². The monoisotopic (exact) mass is 247 g/mol. The zero-order valence-electron chi connectivity index (χ0n) is 9.97. The average molecular weight is 247 g/mol. The van der Waals surface area contributed by atoms with E-state index in [9.17, 15) is 0 Å². The smallest absolute Gasteiger partial charge is 0.0681 e. The minimum absolute atomic E-state index is 0.116. The van der Waals surface area contributed by atoms with E-state index in [0.717, 1.165) is 18.7 Å². The van der Waals surface area contributed by atoms with Crippen LogP contribution in [0.2, 0.25) is 0 Å². The van der Waals surface area contributed by atoms with Crippen LogP contribution in [0.25, 0.3) is 0 Å². The molecule has 2 nitrogen and oxygen atoms in total. The second-order valence-corrected chi connectivity index (χ2v) is 5.26. The SMILES string of the molecule is CN(Cc1ccc(CO)cc1)Cc1cccs1. The molecule has 0 spiro atoms. The first kappa shape index (κ1) is 12.3. The Morgan fingerprint density at radius 1 is 1.06 bits per heavy atom. The van der Waals surface area contributed by atoms with Gasteiger partial charge in [-0.05, 0) is 29.6 Å². The van der Waals surface area contributed by atoms with Crippen LogP contribution in [0.4, 0.5) is 0 Å². The van der Waals surface area contributed by atoms with Gasteiger partial charge in [0.15, 0.2) is 0 Å². The summed E-state index contributed by atoms with van der Waals surface area (Å²) in [6.07, 6.45) is 0. The van der Waals surface area contributed by atoms with E-state index in [1.807, 2.05) is 12.1 Å². The Kier molecular flexibility index (Phi) is 4.31. The highest BCUT2D eigenvalue weighted by atomic mass is 32.1. The van der Waals surface area contributed by atoms with Crippen LogP contribution in [-0.4, -0.2) is 17.1 Å². The molecule has 0 saturated carbocycles. The summed E-state index contributed by atoms with van der Waals surface area (Å²) in [6, 6.07) is 12.4. The van der Waals surface area contributed by atoms with Crippen LogP contribution in [0.3, 0.4) is 0 Å². The van der Waals surface area contributed by atoms with Gasteiger partial charge in [0.25, 0.3) is 0 Å². The maximum absolute atomic E-state index is 8.97. The lowest BCUT2D eigenvalue weighted by Gasteiger charge is -2.15. The van der Waals surface area contributed by atoms with Crippen LogP contribution < -0.4 is 0 Å². The molecule has 3 heteroatoms. The van der Waals surface area contributed by atoms with E-state index in [2.05, 4.69) is 41.6 Å². The Hall–Kier alpha value is -1.16. The number of rotatable bonds is 5. The molecular weight excluding hydrogens is 230 g/mol. The van der Waals surface area contributed by atoms with Gasteiger partial charge in [-0.15, -0.1) is 11.3 Å². The van der Waals surface area contributed by atoms with E-state index in [4.69, 9.17) is 5.11 Å². The number of hydrogen-bond donors (Lipinski definition) is 1.